The molecule has 0 saturated carbocycles. The molecule has 0 bridgehead atoms. The molecule has 0 radical (unpaired) electrons. The molecule has 1 N–H and O–H groups in total. The number of pyridine rings is 1. The van der Waals surface area contributed by atoms with Crippen LogP contribution in [0.1, 0.15) is 41.2 Å². The predicted molar refractivity (Wildman–Crippen MR) is 231 cm³/mol. The molecule has 60 heavy (non-hydrogen) atoms. The van der Waals surface area contributed by atoms with E-state index in [0.717, 1.165) is 58.3 Å². The van der Waals surface area contributed by atoms with Crippen LogP contribution in [-0.2, 0) is 24.5 Å². The van der Waals surface area contributed by atoms with Crippen LogP contribution in [0.4, 0.5) is 0 Å². The Hall–Kier alpha value is -6.15. The Morgan fingerprint density at radius 1 is 0.900 bits per heavy atom. The molecule has 13 heteroatoms. The van der Waals surface area contributed by atoms with Gasteiger partial charge in [-0.25, -0.2) is 15.0 Å². The van der Waals surface area contributed by atoms with Crippen molar-refractivity contribution in [2.24, 2.45) is 5.92 Å². The second kappa shape index (κ2) is 17.2. The Balaban J connectivity index is 0.837. The molecule has 306 valence electrons. The maximum absolute atomic E-state index is 14.3. The summed E-state index contributed by atoms with van der Waals surface area (Å²) in [7, 11) is 1.60. The van der Waals surface area contributed by atoms with Crippen LogP contribution in [0.2, 0.25) is 0 Å². The standard InChI is InChI=1S/C47H47N7O5S/c1-58-42-16-15-35(26-48-42)44-49-27-38(60-44)28-51-21-17-39(41(29-51)34-11-6-3-7-12-34)45(55)52-23-19-47(57,20-24-52)31-53-32-50-43-40(46(53)56)18-22-54(43)36-13-8-14-37(25-36)59-30-33-9-4-2-5-10-33/h2-16,18,22,25-27,32,39,41,57H,17,19-21,23-24,28-31H2,1H3/t39-,41+/m1/s1. The number of ether oxygens (including phenoxy) is 2. The van der Waals surface area contributed by atoms with Crippen LogP contribution < -0.4 is 15.0 Å². The highest BCUT2D eigenvalue weighted by Crippen LogP contribution is 2.37. The van der Waals surface area contributed by atoms with Crippen molar-refractivity contribution in [3.8, 4) is 27.9 Å². The average Bonchev–Trinajstić information content (AvgIpc) is 3.96. The lowest BCUT2D eigenvalue weighted by atomic mass is 9.79. The number of rotatable bonds is 12. The number of nitrogens with zero attached hydrogens (tertiary/aromatic N) is 7. The van der Waals surface area contributed by atoms with Gasteiger partial charge in [0.25, 0.3) is 5.56 Å². The van der Waals surface area contributed by atoms with Gasteiger partial charge < -0.3 is 24.0 Å². The highest BCUT2D eigenvalue weighted by Gasteiger charge is 2.41. The molecule has 12 nitrogen and oxygen atoms in total. The fourth-order valence-corrected chi connectivity index (χ4v) is 9.50. The zero-order valence-electron chi connectivity index (χ0n) is 33.5. The van der Waals surface area contributed by atoms with E-state index in [1.807, 2.05) is 107 Å². The van der Waals surface area contributed by atoms with Crippen LogP contribution >= 0.6 is 11.3 Å². The first-order chi connectivity index (χ1) is 29.3. The van der Waals surface area contributed by atoms with Crippen LogP contribution in [0.15, 0.2) is 133 Å². The maximum atomic E-state index is 14.3. The Morgan fingerprint density at radius 3 is 2.47 bits per heavy atom. The van der Waals surface area contributed by atoms with Crippen LogP contribution in [0.25, 0.3) is 27.3 Å². The highest BCUT2D eigenvalue weighted by atomic mass is 32.1. The third-order valence-electron chi connectivity index (χ3n) is 11.9. The van der Waals surface area contributed by atoms with Gasteiger partial charge in [-0.2, -0.15) is 0 Å². The third kappa shape index (κ3) is 8.46. The number of likely N-dealkylation sites (tertiary alicyclic amines) is 2. The van der Waals surface area contributed by atoms with Crippen LogP contribution in [0, 0.1) is 5.92 Å². The first-order valence-electron chi connectivity index (χ1n) is 20.4. The summed E-state index contributed by atoms with van der Waals surface area (Å²) in [4.78, 5) is 47.3. The summed E-state index contributed by atoms with van der Waals surface area (Å²) in [6.45, 7) is 3.69. The van der Waals surface area contributed by atoms with Crippen molar-refractivity contribution >= 4 is 28.3 Å². The second-order valence-electron chi connectivity index (χ2n) is 15.8. The van der Waals surface area contributed by atoms with E-state index in [1.54, 1.807) is 30.7 Å². The molecular weight excluding hydrogens is 775 g/mol. The van der Waals surface area contributed by atoms with Crippen molar-refractivity contribution in [3.63, 3.8) is 0 Å². The van der Waals surface area contributed by atoms with E-state index in [-0.39, 0.29) is 29.8 Å². The summed E-state index contributed by atoms with van der Waals surface area (Å²) in [5.41, 5.74) is 3.18. The van der Waals surface area contributed by atoms with Gasteiger partial charge in [0.15, 0.2) is 5.65 Å². The van der Waals surface area contributed by atoms with E-state index in [2.05, 4.69) is 32.0 Å². The number of piperidine rings is 2. The number of carbonyl (C=O) groups excluding carboxylic acids is 1. The number of aliphatic hydroxyl groups is 1. The fraction of sp³-hybridized carbons (Fsp3) is 0.298. The molecule has 2 fully saturated rings. The van der Waals surface area contributed by atoms with Crippen molar-refractivity contribution in [2.45, 2.75) is 50.5 Å². The Kier molecular flexibility index (Phi) is 11.3. The predicted octanol–water partition coefficient (Wildman–Crippen LogP) is 6.95. The molecule has 2 aliphatic rings. The van der Waals surface area contributed by atoms with Gasteiger partial charge in [0.05, 0.1) is 30.3 Å². The van der Waals surface area contributed by atoms with Crippen LogP contribution in [-0.4, -0.2) is 83.8 Å². The maximum Gasteiger partial charge on any atom is 0.262 e. The zero-order valence-corrected chi connectivity index (χ0v) is 34.3. The second-order valence-corrected chi connectivity index (χ2v) is 16.9. The SMILES string of the molecule is COc1ccc(-c2ncc(CN3CC[C@@H](C(=O)N4CCC(O)(Cn5cnc6c(ccn6-c6cccc(OCc7ccccc7)c6)c5=O)CC4)[C@H](c4ccccc4)C3)s2)cn1. The number of fused-ring (bicyclic) bond motifs is 1. The summed E-state index contributed by atoms with van der Waals surface area (Å²) < 4.78 is 14.6. The summed E-state index contributed by atoms with van der Waals surface area (Å²) in [6.07, 6.45) is 8.55. The number of aromatic nitrogens is 5. The van der Waals surface area contributed by atoms with E-state index >= 15 is 0 Å². The van der Waals surface area contributed by atoms with Crippen molar-refractivity contribution in [1.82, 2.24) is 33.9 Å². The lowest BCUT2D eigenvalue weighted by Crippen LogP contribution is -2.53. The summed E-state index contributed by atoms with van der Waals surface area (Å²) in [5, 5.41) is 13.2. The molecule has 6 heterocycles. The van der Waals surface area contributed by atoms with E-state index in [1.165, 1.54) is 10.9 Å². The van der Waals surface area contributed by atoms with Gasteiger partial charge in [-0.3, -0.25) is 19.1 Å². The topological polar surface area (TPSA) is 128 Å². The lowest BCUT2D eigenvalue weighted by Gasteiger charge is -2.43. The van der Waals surface area contributed by atoms with Gasteiger partial charge in [-0.05, 0) is 61.2 Å². The number of carbonyl (C=O) groups is 1. The number of thiazole rings is 1. The minimum Gasteiger partial charge on any atom is -0.489 e. The number of benzene rings is 3. The summed E-state index contributed by atoms with van der Waals surface area (Å²) in [6, 6.07) is 33.6. The third-order valence-corrected chi connectivity index (χ3v) is 12.9. The van der Waals surface area contributed by atoms with Gasteiger partial charge in [0, 0.05) is 79.2 Å². The van der Waals surface area contributed by atoms with Gasteiger partial charge in [0.2, 0.25) is 11.8 Å². The molecule has 1 amide bonds. The lowest BCUT2D eigenvalue weighted by molar-refractivity contribution is -0.142. The fourth-order valence-electron chi connectivity index (χ4n) is 8.55. The van der Waals surface area contributed by atoms with E-state index in [9.17, 15) is 14.7 Å². The van der Waals surface area contributed by atoms with E-state index in [0.29, 0.717) is 55.2 Å². The minimum atomic E-state index is -1.15. The van der Waals surface area contributed by atoms with Crippen molar-refractivity contribution in [1.29, 1.82) is 0 Å². The molecule has 0 unspecified atom stereocenters. The van der Waals surface area contributed by atoms with Gasteiger partial charge in [0.1, 0.15) is 23.7 Å². The summed E-state index contributed by atoms with van der Waals surface area (Å²) >= 11 is 1.66. The molecule has 9 rings (SSSR count). The van der Waals surface area contributed by atoms with Gasteiger partial charge in [-0.15, -0.1) is 11.3 Å². The average molecular weight is 822 g/mol. The number of amides is 1. The number of hydrogen-bond acceptors (Lipinski definition) is 10. The van der Waals surface area contributed by atoms with Crippen molar-refractivity contribution in [3.05, 3.63) is 154 Å². The van der Waals surface area contributed by atoms with Gasteiger partial charge in [-0.1, -0.05) is 66.7 Å². The van der Waals surface area contributed by atoms with Crippen molar-refractivity contribution in [2.75, 3.05) is 33.3 Å². The molecule has 0 spiro atoms. The molecule has 2 aliphatic heterocycles. The summed E-state index contributed by atoms with van der Waals surface area (Å²) in [5.74, 6) is 1.27. The normalized spacial score (nSPS) is 18.1. The quantitative estimate of drug-likeness (QED) is 0.139. The van der Waals surface area contributed by atoms with Gasteiger partial charge >= 0.3 is 0 Å². The van der Waals surface area contributed by atoms with Crippen LogP contribution in [0.5, 0.6) is 11.6 Å². The van der Waals surface area contributed by atoms with Crippen molar-refractivity contribution < 1.29 is 19.4 Å². The highest BCUT2D eigenvalue weighted by molar-refractivity contribution is 7.15. The molecule has 2 saturated heterocycles. The molecule has 4 aromatic heterocycles. The zero-order chi connectivity index (χ0) is 41.1. The molecule has 7 aromatic rings. The Labute approximate surface area is 352 Å². The Bertz CT molecular complexity index is 2620. The number of methoxy groups -OCH3 is 1. The largest absolute Gasteiger partial charge is 0.489 e. The van der Waals surface area contributed by atoms with E-state index < -0.39 is 5.60 Å². The number of hydrogen-bond donors (Lipinski definition) is 1. The molecule has 3 aromatic carbocycles. The molecule has 0 aliphatic carbocycles. The molecule has 2 atom stereocenters. The Morgan fingerprint density at radius 2 is 1.70 bits per heavy atom. The van der Waals surface area contributed by atoms with E-state index in [4.69, 9.17) is 9.47 Å². The monoisotopic (exact) mass is 821 g/mol. The first kappa shape index (κ1) is 39.3. The minimum absolute atomic E-state index is 0.0272. The van der Waals surface area contributed by atoms with Crippen LogP contribution in [0.3, 0.4) is 0 Å². The molecular formula is C47H47N7O5S. The smallest absolute Gasteiger partial charge is 0.262 e. The first-order valence-corrected chi connectivity index (χ1v) is 21.2.